The van der Waals surface area contributed by atoms with E-state index in [9.17, 15) is 4.79 Å². The summed E-state index contributed by atoms with van der Waals surface area (Å²) in [4.78, 5) is 14.0. The lowest BCUT2D eigenvalue weighted by Gasteiger charge is -2.39. The van der Waals surface area contributed by atoms with Crippen molar-refractivity contribution >= 4 is 5.97 Å². The molecule has 4 nitrogen and oxygen atoms in total. The number of esters is 1. The highest BCUT2D eigenvalue weighted by atomic mass is 16.5. The summed E-state index contributed by atoms with van der Waals surface area (Å²) in [7, 11) is 0. The summed E-state index contributed by atoms with van der Waals surface area (Å²) in [5.41, 5.74) is 0. The second kappa shape index (κ2) is 7.25. The van der Waals surface area contributed by atoms with E-state index in [1.807, 2.05) is 6.92 Å². The van der Waals surface area contributed by atoms with E-state index < -0.39 is 0 Å². The molecule has 110 valence electrons. The molecule has 2 aliphatic rings. The van der Waals surface area contributed by atoms with Gasteiger partial charge in [0.05, 0.1) is 13.0 Å². The van der Waals surface area contributed by atoms with E-state index in [-0.39, 0.29) is 5.97 Å². The first kappa shape index (κ1) is 14.8. The van der Waals surface area contributed by atoms with E-state index in [4.69, 9.17) is 4.74 Å². The molecule has 0 aromatic rings. The summed E-state index contributed by atoms with van der Waals surface area (Å²) < 4.78 is 5.02. The topological polar surface area (TPSA) is 41.6 Å². The number of ether oxygens (including phenoxy) is 1. The average molecular weight is 268 g/mol. The van der Waals surface area contributed by atoms with Crippen LogP contribution in [-0.2, 0) is 9.53 Å². The zero-order chi connectivity index (χ0) is 13.7. The molecule has 2 saturated heterocycles. The van der Waals surface area contributed by atoms with Crippen LogP contribution in [0.5, 0.6) is 0 Å². The van der Waals surface area contributed by atoms with Crippen LogP contribution in [0.2, 0.25) is 0 Å². The lowest BCUT2D eigenvalue weighted by molar-refractivity contribution is -0.143. The minimum Gasteiger partial charge on any atom is -0.466 e. The van der Waals surface area contributed by atoms with Gasteiger partial charge in [0.1, 0.15) is 0 Å². The number of carbonyl (C=O) groups excluding carboxylic acids is 1. The molecule has 1 N–H and O–H groups in total. The maximum absolute atomic E-state index is 11.5. The standard InChI is InChI=1S/C15H28N2O2/c1-3-8-16-12-10-13-5-6-14(11-12)17(13)9-7-15(18)19-4-2/h12-14,16H,3-11H2,1-2H3. The Labute approximate surface area is 116 Å². The van der Waals surface area contributed by atoms with Gasteiger partial charge in [-0.3, -0.25) is 9.69 Å². The number of hydrogen-bond acceptors (Lipinski definition) is 4. The highest BCUT2D eigenvalue weighted by Crippen LogP contribution is 2.35. The molecule has 2 aliphatic heterocycles. The molecule has 0 aromatic carbocycles. The van der Waals surface area contributed by atoms with Crippen LogP contribution in [0.4, 0.5) is 0 Å². The Morgan fingerprint density at radius 2 is 1.95 bits per heavy atom. The van der Waals surface area contributed by atoms with Crippen molar-refractivity contribution in [3.63, 3.8) is 0 Å². The van der Waals surface area contributed by atoms with Crippen LogP contribution >= 0.6 is 0 Å². The number of piperidine rings is 1. The molecule has 4 heteroatoms. The molecule has 2 fully saturated rings. The van der Waals surface area contributed by atoms with Crippen molar-refractivity contribution in [3.05, 3.63) is 0 Å². The Kier molecular flexibility index (Phi) is 5.64. The van der Waals surface area contributed by atoms with Gasteiger partial charge in [-0.05, 0) is 45.6 Å². The van der Waals surface area contributed by atoms with Crippen molar-refractivity contribution in [2.75, 3.05) is 19.7 Å². The van der Waals surface area contributed by atoms with Crippen LogP contribution in [0.25, 0.3) is 0 Å². The van der Waals surface area contributed by atoms with Crippen molar-refractivity contribution in [1.29, 1.82) is 0 Å². The van der Waals surface area contributed by atoms with Crippen LogP contribution in [0.3, 0.4) is 0 Å². The summed E-state index contributed by atoms with van der Waals surface area (Å²) >= 11 is 0. The largest absolute Gasteiger partial charge is 0.466 e. The lowest BCUT2D eigenvalue weighted by Crippen LogP contribution is -2.49. The minimum absolute atomic E-state index is 0.0480. The number of hydrogen-bond donors (Lipinski definition) is 1. The predicted octanol–water partition coefficient (Wildman–Crippen LogP) is 1.93. The Morgan fingerprint density at radius 3 is 2.53 bits per heavy atom. The molecular weight excluding hydrogens is 240 g/mol. The van der Waals surface area contributed by atoms with Crippen LogP contribution in [0.1, 0.15) is 52.4 Å². The highest BCUT2D eigenvalue weighted by Gasteiger charge is 2.40. The van der Waals surface area contributed by atoms with Crippen LogP contribution in [0, 0.1) is 0 Å². The van der Waals surface area contributed by atoms with Gasteiger partial charge in [-0.2, -0.15) is 0 Å². The second-order valence-electron chi connectivity index (χ2n) is 5.80. The van der Waals surface area contributed by atoms with Gasteiger partial charge in [-0.1, -0.05) is 6.92 Å². The Hall–Kier alpha value is -0.610. The third kappa shape index (κ3) is 3.93. The van der Waals surface area contributed by atoms with Crippen molar-refractivity contribution in [3.8, 4) is 0 Å². The zero-order valence-corrected chi connectivity index (χ0v) is 12.4. The van der Waals surface area contributed by atoms with E-state index >= 15 is 0 Å². The normalized spacial score (nSPS) is 30.5. The summed E-state index contributed by atoms with van der Waals surface area (Å²) in [6, 6.07) is 2.06. The number of rotatable bonds is 7. The van der Waals surface area contributed by atoms with Gasteiger partial charge in [-0.25, -0.2) is 0 Å². The summed E-state index contributed by atoms with van der Waals surface area (Å²) in [6.45, 7) is 6.60. The Balaban J connectivity index is 1.77. The van der Waals surface area contributed by atoms with E-state index in [1.165, 1.54) is 32.1 Å². The van der Waals surface area contributed by atoms with Crippen LogP contribution in [0.15, 0.2) is 0 Å². The molecule has 0 radical (unpaired) electrons. The first-order valence-corrected chi connectivity index (χ1v) is 7.89. The monoisotopic (exact) mass is 268 g/mol. The highest BCUT2D eigenvalue weighted by molar-refractivity contribution is 5.69. The fourth-order valence-corrected chi connectivity index (χ4v) is 3.61. The molecule has 0 amide bonds. The van der Waals surface area contributed by atoms with Gasteiger partial charge in [0, 0.05) is 24.7 Å². The minimum atomic E-state index is -0.0480. The van der Waals surface area contributed by atoms with Gasteiger partial charge in [0.25, 0.3) is 0 Å². The molecule has 2 unspecified atom stereocenters. The summed E-state index contributed by atoms with van der Waals surface area (Å²) in [6.07, 6.45) is 6.86. The third-order valence-electron chi connectivity index (χ3n) is 4.45. The van der Waals surface area contributed by atoms with Gasteiger partial charge >= 0.3 is 5.97 Å². The quantitative estimate of drug-likeness (QED) is 0.716. The van der Waals surface area contributed by atoms with Gasteiger partial charge < -0.3 is 10.1 Å². The predicted molar refractivity (Wildman–Crippen MR) is 76.1 cm³/mol. The van der Waals surface area contributed by atoms with E-state index in [2.05, 4.69) is 17.1 Å². The number of fused-ring (bicyclic) bond motifs is 2. The fraction of sp³-hybridized carbons (Fsp3) is 0.933. The van der Waals surface area contributed by atoms with E-state index in [1.54, 1.807) is 0 Å². The maximum Gasteiger partial charge on any atom is 0.307 e. The van der Waals surface area contributed by atoms with Crippen LogP contribution in [-0.4, -0.2) is 48.7 Å². The smallest absolute Gasteiger partial charge is 0.307 e. The number of nitrogens with zero attached hydrogens (tertiary/aromatic N) is 1. The number of nitrogens with one attached hydrogen (secondary N) is 1. The van der Waals surface area contributed by atoms with E-state index in [0.29, 0.717) is 31.2 Å². The molecule has 0 aliphatic carbocycles. The first-order valence-electron chi connectivity index (χ1n) is 7.89. The fourth-order valence-electron chi connectivity index (χ4n) is 3.61. The third-order valence-corrected chi connectivity index (χ3v) is 4.45. The molecule has 0 aromatic heterocycles. The van der Waals surface area contributed by atoms with Crippen molar-refractivity contribution in [2.45, 2.75) is 70.5 Å². The van der Waals surface area contributed by atoms with Crippen molar-refractivity contribution in [2.24, 2.45) is 0 Å². The molecule has 2 atom stereocenters. The molecule has 0 spiro atoms. The van der Waals surface area contributed by atoms with E-state index in [0.717, 1.165) is 13.1 Å². The molecular formula is C15H28N2O2. The lowest BCUT2D eigenvalue weighted by atomic mass is 9.97. The summed E-state index contributed by atoms with van der Waals surface area (Å²) in [5.74, 6) is -0.0480. The van der Waals surface area contributed by atoms with Crippen molar-refractivity contribution in [1.82, 2.24) is 10.2 Å². The van der Waals surface area contributed by atoms with Gasteiger partial charge in [0.15, 0.2) is 0 Å². The Bertz CT molecular complexity index is 282. The molecule has 2 bridgehead atoms. The molecule has 2 heterocycles. The zero-order valence-electron chi connectivity index (χ0n) is 12.4. The van der Waals surface area contributed by atoms with Crippen LogP contribution < -0.4 is 5.32 Å². The SMILES string of the molecule is CCCNC1CC2CCC(C1)N2CCC(=O)OCC. The number of carbonyl (C=O) groups is 1. The maximum atomic E-state index is 11.5. The molecule has 0 saturated carbocycles. The summed E-state index contributed by atoms with van der Waals surface area (Å²) in [5, 5.41) is 3.66. The van der Waals surface area contributed by atoms with Gasteiger partial charge in [0.2, 0.25) is 0 Å². The molecule has 2 rings (SSSR count). The average Bonchev–Trinajstić information content (AvgIpc) is 2.64. The van der Waals surface area contributed by atoms with Crippen molar-refractivity contribution < 1.29 is 9.53 Å². The molecule has 19 heavy (non-hydrogen) atoms. The van der Waals surface area contributed by atoms with Gasteiger partial charge in [-0.15, -0.1) is 0 Å². The first-order chi connectivity index (χ1) is 9.24. The second-order valence-corrected chi connectivity index (χ2v) is 5.80. The Morgan fingerprint density at radius 1 is 1.26 bits per heavy atom.